The van der Waals surface area contributed by atoms with Crippen molar-refractivity contribution in [1.82, 2.24) is 10.2 Å². The van der Waals surface area contributed by atoms with Gasteiger partial charge in [-0.05, 0) is 54.7 Å². The second-order valence-corrected chi connectivity index (χ2v) is 12.5. The summed E-state index contributed by atoms with van der Waals surface area (Å²) in [6.45, 7) is 8.40. The number of nitrogens with zero attached hydrogens (tertiary/aromatic N) is 2. The number of aryl methyl sites for hydroxylation is 1. The molecule has 0 saturated heterocycles. The molecule has 0 radical (unpaired) electrons. The summed E-state index contributed by atoms with van der Waals surface area (Å²) in [7, 11) is -3.82. The molecule has 0 fully saturated rings. The number of benzene rings is 3. The number of carbonyl (C=O) groups is 2. The van der Waals surface area contributed by atoms with E-state index in [1.54, 1.807) is 24.3 Å². The van der Waals surface area contributed by atoms with Gasteiger partial charge in [0.05, 0.1) is 11.9 Å². The van der Waals surface area contributed by atoms with E-state index in [9.17, 15) is 18.0 Å². The summed E-state index contributed by atoms with van der Waals surface area (Å²) in [6, 6.07) is 23.3. The van der Waals surface area contributed by atoms with E-state index < -0.39 is 28.5 Å². The summed E-state index contributed by atoms with van der Waals surface area (Å²) in [5, 5.41) is 2.93. The Bertz CT molecular complexity index is 1390. The van der Waals surface area contributed by atoms with Gasteiger partial charge in [-0.25, -0.2) is 8.42 Å². The zero-order valence-electron chi connectivity index (χ0n) is 24.5. The van der Waals surface area contributed by atoms with Gasteiger partial charge in [0.2, 0.25) is 21.8 Å². The molecule has 0 aliphatic carbocycles. The van der Waals surface area contributed by atoms with Crippen molar-refractivity contribution in [3.63, 3.8) is 0 Å². The molecule has 0 aromatic heterocycles. The Kier molecular flexibility index (Phi) is 11.3. The van der Waals surface area contributed by atoms with Crippen molar-refractivity contribution < 1.29 is 22.7 Å². The van der Waals surface area contributed by atoms with Gasteiger partial charge in [0.1, 0.15) is 24.9 Å². The van der Waals surface area contributed by atoms with E-state index in [1.165, 1.54) is 4.90 Å². The Balaban J connectivity index is 1.85. The number of anilines is 1. The van der Waals surface area contributed by atoms with E-state index in [0.717, 1.165) is 27.3 Å². The third kappa shape index (κ3) is 9.63. The van der Waals surface area contributed by atoms with Crippen LogP contribution >= 0.6 is 0 Å². The molecule has 2 amide bonds. The second-order valence-electron chi connectivity index (χ2n) is 10.6. The molecule has 1 N–H and O–H groups in total. The van der Waals surface area contributed by atoms with Crippen LogP contribution in [0.15, 0.2) is 78.9 Å². The van der Waals surface area contributed by atoms with E-state index in [-0.39, 0.29) is 18.4 Å². The van der Waals surface area contributed by atoms with E-state index in [2.05, 4.69) is 5.32 Å². The molecule has 3 rings (SSSR count). The molecule has 3 aromatic rings. The second kappa shape index (κ2) is 14.7. The zero-order valence-corrected chi connectivity index (χ0v) is 25.4. The maximum Gasteiger partial charge on any atom is 0.244 e. The molecule has 1 atom stereocenters. The van der Waals surface area contributed by atoms with Crippen LogP contribution in [0.1, 0.15) is 43.9 Å². The van der Waals surface area contributed by atoms with E-state index >= 15 is 0 Å². The summed E-state index contributed by atoms with van der Waals surface area (Å²) in [6.07, 6.45) is 1.45. The van der Waals surface area contributed by atoms with Crippen molar-refractivity contribution in [2.75, 3.05) is 23.7 Å². The number of nitrogens with one attached hydrogen (secondary N) is 1. The lowest BCUT2D eigenvalue weighted by molar-refractivity contribution is -0.140. The first-order valence-electron chi connectivity index (χ1n) is 13.8. The van der Waals surface area contributed by atoms with Crippen molar-refractivity contribution in [2.45, 2.75) is 53.3 Å². The highest BCUT2D eigenvalue weighted by molar-refractivity contribution is 7.92. The van der Waals surface area contributed by atoms with Crippen LogP contribution in [0.5, 0.6) is 5.75 Å². The summed E-state index contributed by atoms with van der Waals surface area (Å²) in [4.78, 5) is 28.5. The summed E-state index contributed by atoms with van der Waals surface area (Å²) in [5.74, 6) is 0.102. The fourth-order valence-corrected chi connectivity index (χ4v) is 5.26. The maximum absolute atomic E-state index is 13.8. The minimum atomic E-state index is -3.82. The molecule has 0 saturated carbocycles. The Morgan fingerprint density at radius 3 is 2.17 bits per heavy atom. The van der Waals surface area contributed by atoms with E-state index in [4.69, 9.17) is 4.74 Å². The molecule has 41 heavy (non-hydrogen) atoms. The zero-order chi connectivity index (χ0) is 30.0. The largest absolute Gasteiger partial charge is 0.489 e. The fourth-order valence-electron chi connectivity index (χ4n) is 4.41. The normalized spacial score (nSPS) is 12.0. The standard InChI is InChI=1S/C32H41N3O5S/c1-6-30(32(37)33-20-24(2)3)34(21-27-14-10-11-25(4)19-27)31(36)22-35(41(5,38)39)28-15-17-29(18-16-28)40-23-26-12-8-7-9-13-26/h7-19,24,30H,6,20-23H2,1-5H3,(H,33,37)/t30-/m1/s1. The predicted octanol–water partition coefficient (Wildman–Crippen LogP) is 4.92. The number of ether oxygens (including phenoxy) is 1. The lowest BCUT2D eigenvalue weighted by atomic mass is 10.1. The number of carbonyl (C=O) groups excluding carboxylic acids is 2. The van der Waals surface area contributed by atoms with Crippen LogP contribution in [0.2, 0.25) is 0 Å². The van der Waals surface area contributed by atoms with Crippen LogP contribution in [0.4, 0.5) is 5.69 Å². The molecule has 0 bridgehead atoms. The minimum absolute atomic E-state index is 0.179. The number of rotatable bonds is 14. The van der Waals surface area contributed by atoms with Crippen LogP contribution in [-0.2, 0) is 32.8 Å². The lowest BCUT2D eigenvalue weighted by Crippen LogP contribution is -2.52. The van der Waals surface area contributed by atoms with Crippen LogP contribution in [0.3, 0.4) is 0 Å². The Morgan fingerprint density at radius 1 is 0.927 bits per heavy atom. The Hall–Kier alpha value is -3.85. The van der Waals surface area contributed by atoms with Gasteiger partial charge in [0, 0.05) is 13.1 Å². The third-order valence-corrected chi connectivity index (χ3v) is 7.70. The number of sulfonamides is 1. The summed E-state index contributed by atoms with van der Waals surface area (Å²) in [5.41, 5.74) is 3.23. The highest BCUT2D eigenvalue weighted by Crippen LogP contribution is 2.23. The van der Waals surface area contributed by atoms with Gasteiger partial charge in [0.25, 0.3) is 0 Å². The molecule has 0 aliphatic heterocycles. The highest BCUT2D eigenvalue weighted by Gasteiger charge is 2.31. The third-order valence-electron chi connectivity index (χ3n) is 6.56. The summed E-state index contributed by atoms with van der Waals surface area (Å²) < 4.78 is 32.7. The van der Waals surface area contributed by atoms with Crippen LogP contribution in [0, 0.1) is 12.8 Å². The van der Waals surface area contributed by atoms with Crippen LogP contribution < -0.4 is 14.4 Å². The van der Waals surface area contributed by atoms with Crippen LogP contribution in [0.25, 0.3) is 0 Å². The van der Waals surface area contributed by atoms with Gasteiger partial charge in [0.15, 0.2) is 0 Å². The van der Waals surface area contributed by atoms with Crippen molar-refractivity contribution in [2.24, 2.45) is 5.92 Å². The van der Waals surface area contributed by atoms with Crippen molar-refractivity contribution in [3.8, 4) is 5.75 Å². The first-order chi connectivity index (χ1) is 19.5. The fraction of sp³-hybridized carbons (Fsp3) is 0.375. The summed E-state index contributed by atoms with van der Waals surface area (Å²) >= 11 is 0. The molecule has 3 aromatic carbocycles. The Labute approximate surface area is 244 Å². The van der Waals surface area contributed by atoms with E-state index in [1.807, 2.05) is 82.3 Å². The molecule has 9 heteroatoms. The molecule has 0 heterocycles. The number of amides is 2. The SMILES string of the molecule is CC[C@H](C(=O)NCC(C)C)N(Cc1cccc(C)c1)C(=O)CN(c1ccc(OCc2ccccc2)cc1)S(C)(=O)=O. The molecule has 220 valence electrons. The monoisotopic (exact) mass is 579 g/mol. The number of hydrogen-bond donors (Lipinski definition) is 1. The predicted molar refractivity (Wildman–Crippen MR) is 163 cm³/mol. The van der Waals surface area contributed by atoms with Gasteiger partial charge >= 0.3 is 0 Å². The molecule has 0 aliphatic rings. The topological polar surface area (TPSA) is 96.0 Å². The van der Waals surface area contributed by atoms with Crippen molar-refractivity contribution in [3.05, 3.63) is 95.6 Å². The van der Waals surface area contributed by atoms with Gasteiger partial charge in [-0.2, -0.15) is 0 Å². The Morgan fingerprint density at radius 2 is 1.59 bits per heavy atom. The van der Waals surface area contributed by atoms with Gasteiger partial charge in [-0.15, -0.1) is 0 Å². The van der Waals surface area contributed by atoms with Gasteiger partial charge in [-0.1, -0.05) is 80.9 Å². The highest BCUT2D eigenvalue weighted by atomic mass is 32.2. The lowest BCUT2D eigenvalue weighted by Gasteiger charge is -2.33. The quantitative estimate of drug-likeness (QED) is 0.293. The molecule has 0 unspecified atom stereocenters. The maximum atomic E-state index is 13.8. The average molecular weight is 580 g/mol. The molecule has 0 spiro atoms. The smallest absolute Gasteiger partial charge is 0.244 e. The molecular weight excluding hydrogens is 538 g/mol. The first kappa shape index (κ1) is 31.7. The van der Waals surface area contributed by atoms with Crippen molar-refractivity contribution >= 4 is 27.5 Å². The number of hydrogen-bond acceptors (Lipinski definition) is 5. The van der Waals surface area contributed by atoms with Gasteiger partial charge < -0.3 is 15.0 Å². The van der Waals surface area contributed by atoms with E-state index in [0.29, 0.717) is 31.0 Å². The first-order valence-corrected chi connectivity index (χ1v) is 15.7. The van der Waals surface area contributed by atoms with Crippen molar-refractivity contribution in [1.29, 1.82) is 0 Å². The minimum Gasteiger partial charge on any atom is -0.489 e. The molecule has 8 nitrogen and oxygen atoms in total. The average Bonchev–Trinajstić information content (AvgIpc) is 2.93. The van der Waals surface area contributed by atoms with Crippen LogP contribution in [-0.4, -0.2) is 50.5 Å². The molecular formula is C32H41N3O5S. The van der Waals surface area contributed by atoms with Gasteiger partial charge in [-0.3, -0.25) is 13.9 Å².